The average molecular weight is 270 g/mol. The van der Waals surface area contributed by atoms with Gasteiger partial charge in [0.05, 0.1) is 6.54 Å². The van der Waals surface area contributed by atoms with Crippen LogP contribution in [0.4, 0.5) is 0 Å². The van der Waals surface area contributed by atoms with E-state index in [1.54, 1.807) is 0 Å². The lowest BCUT2D eigenvalue weighted by atomic mass is 9.70. The van der Waals surface area contributed by atoms with Crippen LogP contribution < -0.4 is 11.1 Å². The second-order valence-electron chi connectivity index (χ2n) is 5.83. The second kappa shape index (κ2) is 6.11. The van der Waals surface area contributed by atoms with Crippen LogP contribution in [-0.2, 0) is 0 Å². The molecule has 0 spiro atoms. The van der Waals surface area contributed by atoms with E-state index in [4.69, 9.17) is 5.73 Å². The molecular formula is C17H22N2O. The molecule has 20 heavy (non-hydrogen) atoms. The summed E-state index contributed by atoms with van der Waals surface area (Å²) in [5.74, 6) is 5.83. The van der Waals surface area contributed by atoms with Gasteiger partial charge < -0.3 is 11.1 Å². The summed E-state index contributed by atoms with van der Waals surface area (Å²) in [6.07, 6.45) is 3.68. The number of nitrogens with one attached hydrogen (secondary N) is 1. The molecule has 0 bridgehead atoms. The summed E-state index contributed by atoms with van der Waals surface area (Å²) >= 11 is 0. The van der Waals surface area contributed by atoms with E-state index in [1.807, 2.05) is 25.1 Å². The van der Waals surface area contributed by atoms with E-state index >= 15 is 0 Å². The summed E-state index contributed by atoms with van der Waals surface area (Å²) in [5, 5.41) is 3.05. The number of rotatable bonds is 3. The highest BCUT2D eigenvalue weighted by Crippen LogP contribution is 2.39. The maximum atomic E-state index is 12.3. The van der Waals surface area contributed by atoms with Gasteiger partial charge in [0.15, 0.2) is 0 Å². The van der Waals surface area contributed by atoms with Gasteiger partial charge in [0.1, 0.15) is 0 Å². The molecule has 0 radical (unpaired) electrons. The molecule has 1 amide bonds. The van der Waals surface area contributed by atoms with Crippen LogP contribution in [0.15, 0.2) is 18.2 Å². The van der Waals surface area contributed by atoms with Crippen LogP contribution >= 0.6 is 0 Å². The van der Waals surface area contributed by atoms with Gasteiger partial charge in [-0.25, -0.2) is 0 Å². The number of carbonyl (C=O) groups is 1. The minimum absolute atomic E-state index is 0.00739. The molecule has 0 aromatic heterocycles. The summed E-state index contributed by atoms with van der Waals surface area (Å²) in [7, 11) is 0. The molecule has 2 rings (SSSR count). The lowest BCUT2D eigenvalue weighted by Gasteiger charge is -2.38. The minimum atomic E-state index is -0.00739. The fraction of sp³-hybridized carbons (Fsp3) is 0.471. The van der Waals surface area contributed by atoms with Crippen molar-refractivity contribution in [3.05, 3.63) is 34.9 Å². The standard InChI is InChI=1S/C17H22N2O/c1-13-14(7-4-11-18)6-3-8-15(13)16(20)19-12-17(2)9-5-10-17/h3,6,8H,5,9-12,18H2,1-2H3,(H,19,20). The summed E-state index contributed by atoms with van der Waals surface area (Å²) < 4.78 is 0. The van der Waals surface area contributed by atoms with Crippen molar-refractivity contribution < 1.29 is 4.79 Å². The van der Waals surface area contributed by atoms with Crippen LogP contribution in [0, 0.1) is 24.2 Å². The predicted octanol–water partition coefficient (Wildman–Crippen LogP) is 2.23. The summed E-state index contributed by atoms with van der Waals surface area (Å²) in [4.78, 5) is 12.3. The second-order valence-corrected chi connectivity index (χ2v) is 5.83. The molecule has 3 N–H and O–H groups in total. The SMILES string of the molecule is Cc1c(C#CCN)cccc1C(=O)NCC1(C)CCC1. The molecule has 1 saturated carbocycles. The number of amides is 1. The van der Waals surface area contributed by atoms with Crippen molar-refractivity contribution in [2.24, 2.45) is 11.1 Å². The van der Waals surface area contributed by atoms with Crippen molar-refractivity contribution in [3.63, 3.8) is 0 Å². The summed E-state index contributed by atoms with van der Waals surface area (Å²) in [5.41, 5.74) is 8.18. The first kappa shape index (κ1) is 14.6. The zero-order chi connectivity index (χ0) is 14.6. The Morgan fingerprint density at radius 2 is 2.20 bits per heavy atom. The van der Waals surface area contributed by atoms with Crippen LogP contribution in [0.3, 0.4) is 0 Å². The zero-order valence-electron chi connectivity index (χ0n) is 12.3. The van der Waals surface area contributed by atoms with E-state index in [1.165, 1.54) is 19.3 Å². The lowest BCUT2D eigenvalue weighted by molar-refractivity contribution is 0.0890. The number of hydrogen-bond donors (Lipinski definition) is 2. The molecule has 1 aliphatic rings. The molecule has 1 aromatic rings. The molecule has 106 valence electrons. The topological polar surface area (TPSA) is 55.1 Å². The van der Waals surface area contributed by atoms with Crippen molar-refractivity contribution >= 4 is 5.91 Å². The van der Waals surface area contributed by atoms with E-state index < -0.39 is 0 Å². The fourth-order valence-electron chi connectivity index (χ4n) is 2.51. The number of benzene rings is 1. The number of hydrogen-bond acceptors (Lipinski definition) is 2. The van der Waals surface area contributed by atoms with Gasteiger partial charge in [0.25, 0.3) is 5.91 Å². The maximum Gasteiger partial charge on any atom is 0.251 e. The first-order valence-electron chi connectivity index (χ1n) is 7.12. The van der Waals surface area contributed by atoms with Crippen molar-refractivity contribution in [3.8, 4) is 11.8 Å². The van der Waals surface area contributed by atoms with Gasteiger partial charge in [-0.2, -0.15) is 0 Å². The van der Waals surface area contributed by atoms with Gasteiger partial charge in [0, 0.05) is 17.7 Å². The third-order valence-electron chi connectivity index (χ3n) is 4.14. The van der Waals surface area contributed by atoms with E-state index in [9.17, 15) is 4.79 Å². The number of nitrogens with two attached hydrogens (primary N) is 1. The third-order valence-corrected chi connectivity index (χ3v) is 4.14. The van der Waals surface area contributed by atoms with Gasteiger partial charge in [-0.1, -0.05) is 31.3 Å². The Balaban J connectivity index is 2.09. The minimum Gasteiger partial charge on any atom is -0.351 e. The molecule has 3 nitrogen and oxygen atoms in total. The van der Waals surface area contributed by atoms with Gasteiger partial charge in [-0.3, -0.25) is 4.79 Å². The lowest BCUT2D eigenvalue weighted by Crippen LogP contribution is -2.40. The van der Waals surface area contributed by atoms with Gasteiger partial charge >= 0.3 is 0 Å². The molecule has 1 aromatic carbocycles. The van der Waals surface area contributed by atoms with Gasteiger partial charge in [-0.15, -0.1) is 0 Å². The van der Waals surface area contributed by atoms with Gasteiger partial charge in [-0.05, 0) is 42.9 Å². The first-order valence-corrected chi connectivity index (χ1v) is 7.12. The Labute approximate surface area is 120 Å². The largest absolute Gasteiger partial charge is 0.351 e. The molecule has 1 aliphatic carbocycles. The molecule has 0 heterocycles. The highest BCUT2D eigenvalue weighted by molar-refractivity contribution is 5.96. The first-order chi connectivity index (χ1) is 9.56. The molecule has 1 fully saturated rings. The molecule has 0 saturated heterocycles. The van der Waals surface area contributed by atoms with Crippen molar-refractivity contribution in [2.75, 3.05) is 13.1 Å². The van der Waals surface area contributed by atoms with Gasteiger partial charge in [0.2, 0.25) is 0 Å². The van der Waals surface area contributed by atoms with E-state index in [-0.39, 0.29) is 5.91 Å². The predicted molar refractivity (Wildman–Crippen MR) is 81.4 cm³/mol. The van der Waals surface area contributed by atoms with E-state index in [0.717, 1.165) is 17.7 Å². The monoisotopic (exact) mass is 270 g/mol. The molecular weight excluding hydrogens is 248 g/mol. The average Bonchev–Trinajstić information content (AvgIpc) is 2.41. The summed E-state index contributed by atoms with van der Waals surface area (Å²) in [6, 6.07) is 5.64. The molecule has 0 unspecified atom stereocenters. The third kappa shape index (κ3) is 3.20. The highest BCUT2D eigenvalue weighted by Gasteiger charge is 2.32. The smallest absolute Gasteiger partial charge is 0.251 e. The van der Waals surface area contributed by atoms with Crippen molar-refractivity contribution in [1.29, 1.82) is 0 Å². The Kier molecular flexibility index (Phi) is 4.46. The Hall–Kier alpha value is -1.79. The fourth-order valence-corrected chi connectivity index (χ4v) is 2.51. The molecule has 3 heteroatoms. The van der Waals surface area contributed by atoms with Crippen LogP contribution in [0.1, 0.15) is 47.7 Å². The van der Waals surface area contributed by atoms with E-state index in [0.29, 0.717) is 17.5 Å². The highest BCUT2D eigenvalue weighted by atomic mass is 16.1. The van der Waals surface area contributed by atoms with Crippen molar-refractivity contribution in [1.82, 2.24) is 5.32 Å². The van der Waals surface area contributed by atoms with Crippen LogP contribution in [0.25, 0.3) is 0 Å². The number of carbonyl (C=O) groups excluding carboxylic acids is 1. The van der Waals surface area contributed by atoms with Crippen LogP contribution in [0.2, 0.25) is 0 Å². The Morgan fingerprint density at radius 3 is 2.80 bits per heavy atom. The van der Waals surface area contributed by atoms with Crippen molar-refractivity contribution in [2.45, 2.75) is 33.1 Å². The molecule has 0 aliphatic heterocycles. The van der Waals surface area contributed by atoms with Crippen LogP contribution in [0.5, 0.6) is 0 Å². The Morgan fingerprint density at radius 1 is 1.45 bits per heavy atom. The Bertz CT molecular complexity index is 562. The normalized spacial score (nSPS) is 15.8. The molecule has 0 atom stereocenters. The van der Waals surface area contributed by atoms with Crippen LogP contribution in [-0.4, -0.2) is 19.0 Å². The summed E-state index contributed by atoms with van der Waals surface area (Å²) in [6.45, 7) is 5.24. The van der Waals surface area contributed by atoms with E-state index in [2.05, 4.69) is 24.1 Å². The maximum absolute atomic E-state index is 12.3. The zero-order valence-corrected chi connectivity index (χ0v) is 12.3. The quantitative estimate of drug-likeness (QED) is 0.828.